The van der Waals surface area contributed by atoms with Gasteiger partial charge in [-0.2, -0.15) is 0 Å². The standard InChI is InChI=1S/C19H31NO3/c1-8-22-17-14(5)10-16(11-15(17)6)20-18(21)19(7,23-9-2)12-13(3)4/h10-11,13H,8-9,12H2,1-7H3,(H,20,21). The molecule has 0 saturated carbocycles. The molecule has 1 unspecified atom stereocenters. The molecule has 0 aliphatic heterocycles. The van der Waals surface area contributed by atoms with Crippen molar-refractivity contribution in [3.8, 4) is 5.75 Å². The predicted octanol–water partition coefficient (Wildman–Crippen LogP) is 4.48. The molecule has 0 radical (unpaired) electrons. The SMILES string of the molecule is CCOc1c(C)cc(NC(=O)C(C)(CC(C)C)OCC)cc1C. The van der Waals surface area contributed by atoms with Crippen molar-refractivity contribution >= 4 is 11.6 Å². The minimum Gasteiger partial charge on any atom is -0.493 e. The summed E-state index contributed by atoms with van der Waals surface area (Å²) in [4.78, 5) is 12.7. The highest BCUT2D eigenvalue weighted by molar-refractivity contribution is 5.97. The number of ether oxygens (including phenoxy) is 2. The normalized spacial score (nSPS) is 13.7. The first-order valence-electron chi connectivity index (χ1n) is 8.43. The zero-order chi connectivity index (χ0) is 17.6. The summed E-state index contributed by atoms with van der Waals surface area (Å²) >= 11 is 0. The molecular weight excluding hydrogens is 290 g/mol. The van der Waals surface area contributed by atoms with E-state index in [9.17, 15) is 4.79 Å². The van der Waals surface area contributed by atoms with Crippen LogP contribution in [0.25, 0.3) is 0 Å². The fourth-order valence-corrected chi connectivity index (χ4v) is 2.97. The zero-order valence-corrected chi connectivity index (χ0v) is 15.6. The molecule has 1 rings (SSSR count). The van der Waals surface area contributed by atoms with Gasteiger partial charge >= 0.3 is 0 Å². The second kappa shape index (κ2) is 8.34. The third-order valence-electron chi connectivity index (χ3n) is 3.75. The van der Waals surface area contributed by atoms with Gasteiger partial charge in [-0.25, -0.2) is 0 Å². The lowest BCUT2D eigenvalue weighted by Crippen LogP contribution is -2.44. The van der Waals surface area contributed by atoms with Crippen LogP contribution in [0.5, 0.6) is 5.75 Å². The van der Waals surface area contributed by atoms with Gasteiger partial charge in [0.05, 0.1) is 6.61 Å². The summed E-state index contributed by atoms with van der Waals surface area (Å²) in [6, 6.07) is 3.88. The van der Waals surface area contributed by atoms with Crippen molar-refractivity contribution in [1.82, 2.24) is 0 Å². The fourth-order valence-electron chi connectivity index (χ4n) is 2.97. The molecule has 1 atom stereocenters. The Bertz CT molecular complexity index is 516. The maximum Gasteiger partial charge on any atom is 0.256 e. The minimum atomic E-state index is -0.816. The summed E-state index contributed by atoms with van der Waals surface area (Å²) in [5, 5.41) is 3.00. The predicted molar refractivity (Wildman–Crippen MR) is 95.2 cm³/mol. The monoisotopic (exact) mass is 321 g/mol. The highest BCUT2D eigenvalue weighted by Crippen LogP contribution is 2.29. The summed E-state index contributed by atoms with van der Waals surface area (Å²) in [7, 11) is 0. The van der Waals surface area contributed by atoms with Crippen LogP contribution in [0.4, 0.5) is 5.69 Å². The Morgan fingerprint density at radius 2 is 1.74 bits per heavy atom. The van der Waals surface area contributed by atoms with Crippen molar-refractivity contribution in [3.63, 3.8) is 0 Å². The Balaban J connectivity index is 2.99. The lowest BCUT2D eigenvalue weighted by molar-refractivity contribution is -0.140. The van der Waals surface area contributed by atoms with Crippen LogP contribution in [-0.4, -0.2) is 24.7 Å². The van der Waals surface area contributed by atoms with Crippen molar-refractivity contribution in [1.29, 1.82) is 0 Å². The van der Waals surface area contributed by atoms with Gasteiger partial charge in [0.15, 0.2) is 0 Å². The molecule has 0 aromatic heterocycles. The summed E-state index contributed by atoms with van der Waals surface area (Å²) < 4.78 is 11.4. The molecule has 0 fully saturated rings. The number of benzene rings is 1. The van der Waals surface area contributed by atoms with E-state index in [1.54, 1.807) is 0 Å². The molecule has 0 aliphatic rings. The number of aryl methyl sites for hydroxylation is 2. The molecule has 4 heteroatoms. The Kier molecular flexibility index (Phi) is 7.07. The smallest absolute Gasteiger partial charge is 0.256 e. The van der Waals surface area contributed by atoms with E-state index in [0.29, 0.717) is 25.6 Å². The highest BCUT2D eigenvalue weighted by atomic mass is 16.5. The quantitative estimate of drug-likeness (QED) is 0.768. The molecule has 130 valence electrons. The molecule has 0 aliphatic carbocycles. The number of carbonyl (C=O) groups excluding carboxylic acids is 1. The van der Waals surface area contributed by atoms with Gasteiger partial charge in [0, 0.05) is 12.3 Å². The molecular formula is C19H31NO3. The van der Waals surface area contributed by atoms with E-state index >= 15 is 0 Å². The van der Waals surface area contributed by atoms with Crippen LogP contribution >= 0.6 is 0 Å². The topological polar surface area (TPSA) is 47.6 Å². The molecule has 0 spiro atoms. The Hall–Kier alpha value is -1.55. The third kappa shape index (κ3) is 5.24. The Morgan fingerprint density at radius 3 is 2.17 bits per heavy atom. The number of hydrogen-bond acceptors (Lipinski definition) is 3. The number of nitrogens with one attached hydrogen (secondary N) is 1. The first-order valence-corrected chi connectivity index (χ1v) is 8.43. The molecule has 23 heavy (non-hydrogen) atoms. The van der Waals surface area contributed by atoms with Gasteiger partial charge in [-0.15, -0.1) is 0 Å². The average Bonchev–Trinajstić information content (AvgIpc) is 2.42. The van der Waals surface area contributed by atoms with Gasteiger partial charge in [-0.05, 0) is 70.2 Å². The zero-order valence-electron chi connectivity index (χ0n) is 15.6. The van der Waals surface area contributed by atoms with E-state index in [2.05, 4.69) is 19.2 Å². The molecule has 0 saturated heterocycles. The molecule has 1 N–H and O–H groups in total. The first-order chi connectivity index (χ1) is 10.7. The second-order valence-electron chi connectivity index (χ2n) is 6.59. The maximum atomic E-state index is 12.7. The lowest BCUT2D eigenvalue weighted by atomic mass is 9.93. The van der Waals surface area contributed by atoms with Crippen LogP contribution in [0.2, 0.25) is 0 Å². The average molecular weight is 321 g/mol. The van der Waals surface area contributed by atoms with Crippen molar-refractivity contribution < 1.29 is 14.3 Å². The Morgan fingerprint density at radius 1 is 1.17 bits per heavy atom. The first kappa shape index (κ1) is 19.5. The van der Waals surface area contributed by atoms with Crippen LogP contribution in [0.15, 0.2) is 12.1 Å². The van der Waals surface area contributed by atoms with Crippen molar-refractivity contribution in [2.45, 2.75) is 60.5 Å². The van der Waals surface area contributed by atoms with Crippen LogP contribution < -0.4 is 10.1 Å². The van der Waals surface area contributed by atoms with Gasteiger partial charge in [-0.1, -0.05) is 13.8 Å². The number of carbonyl (C=O) groups is 1. The fraction of sp³-hybridized carbons (Fsp3) is 0.632. The van der Waals surface area contributed by atoms with Gasteiger partial charge in [0.25, 0.3) is 5.91 Å². The molecule has 0 heterocycles. The molecule has 0 bridgehead atoms. The van der Waals surface area contributed by atoms with E-state index in [1.165, 1.54) is 0 Å². The second-order valence-corrected chi connectivity index (χ2v) is 6.59. The number of anilines is 1. The summed E-state index contributed by atoms with van der Waals surface area (Å²) in [5.74, 6) is 1.16. The number of rotatable bonds is 8. The molecule has 1 aromatic rings. The molecule has 4 nitrogen and oxygen atoms in total. The third-order valence-corrected chi connectivity index (χ3v) is 3.75. The summed E-state index contributed by atoms with van der Waals surface area (Å²) in [6.45, 7) is 15.0. The van der Waals surface area contributed by atoms with Gasteiger partial charge in [0.2, 0.25) is 0 Å². The van der Waals surface area contributed by atoms with Crippen molar-refractivity contribution in [3.05, 3.63) is 23.3 Å². The van der Waals surface area contributed by atoms with Gasteiger partial charge < -0.3 is 14.8 Å². The summed E-state index contributed by atoms with van der Waals surface area (Å²) in [5.41, 5.74) is 2.00. The number of hydrogen-bond donors (Lipinski definition) is 1. The van der Waals surface area contributed by atoms with E-state index in [-0.39, 0.29) is 5.91 Å². The summed E-state index contributed by atoms with van der Waals surface area (Å²) in [6.07, 6.45) is 0.682. The van der Waals surface area contributed by atoms with E-state index in [1.807, 2.05) is 46.8 Å². The lowest BCUT2D eigenvalue weighted by Gasteiger charge is -2.30. The number of amides is 1. The van der Waals surface area contributed by atoms with E-state index < -0.39 is 5.60 Å². The largest absolute Gasteiger partial charge is 0.493 e. The van der Waals surface area contributed by atoms with Crippen LogP contribution in [-0.2, 0) is 9.53 Å². The van der Waals surface area contributed by atoms with Crippen LogP contribution in [0.1, 0.15) is 52.2 Å². The van der Waals surface area contributed by atoms with Crippen molar-refractivity contribution in [2.75, 3.05) is 18.5 Å². The van der Waals surface area contributed by atoms with E-state index in [0.717, 1.165) is 22.6 Å². The Labute approximate surface area is 140 Å². The maximum absolute atomic E-state index is 12.7. The molecule has 1 amide bonds. The highest BCUT2D eigenvalue weighted by Gasteiger charge is 2.34. The van der Waals surface area contributed by atoms with Crippen LogP contribution in [0, 0.1) is 19.8 Å². The van der Waals surface area contributed by atoms with Gasteiger partial charge in [-0.3, -0.25) is 4.79 Å². The van der Waals surface area contributed by atoms with Crippen molar-refractivity contribution in [2.24, 2.45) is 5.92 Å². The van der Waals surface area contributed by atoms with Gasteiger partial charge in [0.1, 0.15) is 11.4 Å². The molecule has 1 aromatic carbocycles. The minimum absolute atomic E-state index is 0.101. The van der Waals surface area contributed by atoms with Crippen LogP contribution in [0.3, 0.4) is 0 Å². The van der Waals surface area contributed by atoms with E-state index in [4.69, 9.17) is 9.47 Å².